The van der Waals surface area contributed by atoms with E-state index in [1.165, 1.54) is 0 Å². The Hall–Kier alpha value is -3.80. The molecule has 2 aromatic carbocycles. The molecule has 0 atom stereocenters. The minimum absolute atomic E-state index is 0.0522. The fourth-order valence-electron chi connectivity index (χ4n) is 3.15. The molecule has 152 valence electrons. The molecule has 4 rings (SSSR count). The molecule has 0 saturated carbocycles. The fraction of sp³-hybridized carbons (Fsp3) is 0.167. The molecule has 0 aliphatic carbocycles. The van der Waals surface area contributed by atoms with Crippen molar-refractivity contribution in [2.75, 3.05) is 11.9 Å². The molecule has 30 heavy (non-hydrogen) atoms. The predicted octanol–water partition coefficient (Wildman–Crippen LogP) is 4.49. The quantitative estimate of drug-likeness (QED) is 0.472. The third-order valence-corrected chi connectivity index (χ3v) is 4.63. The van der Waals surface area contributed by atoms with Gasteiger partial charge in [0, 0.05) is 24.1 Å². The Balaban J connectivity index is 1.33. The zero-order chi connectivity index (χ0) is 20.8. The number of nitrogens with zero attached hydrogens (tertiary/aromatic N) is 2. The van der Waals surface area contributed by atoms with Gasteiger partial charge in [0.05, 0.1) is 5.69 Å². The topological polar surface area (TPSA) is 64.9 Å². The summed E-state index contributed by atoms with van der Waals surface area (Å²) in [6, 6.07) is 20.9. The van der Waals surface area contributed by atoms with Gasteiger partial charge in [0.1, 0.15) is 23.8 Å². The summed E-state index contributed by atoms with van der Waals surface area (Å²) in [6.07, 6.45) is 4.74. The van der Waals surface area contributed by atoms with Gasteiger partial charge in [-0.25, -0.2) is 4.98 Å². The van der Waals surface area contributed by atoms with Crippen LogP contribution >= 0.6 is 0 Å². The Bertz CT molecular complexity index is 1120. The van der Waals surface area contributed by atoms with Crippen molar-refractivity contribution < 1.29 is 14.3 Å². The van der Waals surface area contributed by atoms with E-state index in [0.717, 1.165) is 29.1 Å². The van der Waals surface area contributed by atoms with E-state index in [9.17, 15) is 4.79 Å². The maximum atomic E-state index is 12.3. The highest BCUT2D eigenvalue weighted by Crippen LogP contribution is 2.20. The number of carbonyl (C=O) groups excluding carboxylic acids is 1. The number of aryl methyl sites for hydroxylation is 1. The first-order chi connectivity index (χ1) is 14.7. The molecule has 6 heteroatoms. The molecule has 0 unspecified atom stereocenters. The standard InChI is InChI=1S/C24H23N3O3/c1-2-18-8-3-4-11-22(18)30-17-24(28)26-19-9-7-10-21(14-19)29-16-20-15-27-13-6-5-12-23(27)25-20/h3-15H,2,16-17H2,1H3,(H,26,28). The van der Waals surface area contributed by atoms with Crippen LogP contribution in [-0.2, 0) is 17.8 Å². The summed E-state index contributed by atoms with van der Waals surface area (Å²) in [7, 11) is 0. The van der Waals surface area contributed by atoms with Crippen LogP contribution in [0.25, 0.3) is 5.65 Å². The zero-order valence-corrected chi connectivity index (χ0v) is 16.7. The van der Waals surface area contributed by atoms with Crippen molar-refractivity contribution in [2.24, 2.45) is 0 Å². The van der Waals surface area contributed by atoms with Crippen LogP contribution in [0.1, 0.15) is 18.2 Å². The number of anilines is 1. The van der Waals surface area contributed by atoms with Crippen LogP contribution in [0.2, 0.25) is 0 Å². The molecule has 0 aliphatic heterocycles. The fourth-order valence-corrected chi connectivity index (χ4v) is 3.15. The van der Waals surface area contributed by atoms with Crippen LogP contribution in [-0.4, -0.2) is 21.9 Å². The van der Waals surface area contributed by atoms with Crippen molar-refractivity contribution in [3.63, 3.8) is 0 Å². The zero-order valence-electron chi connectivity index (χ0n) is 16.7. The van der Waals surface area contributed by atoms with E-state index in [2.05, 4.69) is 17.2 Å². The summed E-state index contributed by atoms with van der Waals surface area (Å²) in [4.78, 5) is 16.8. The van der Waals surface area contributed by atoms with E-state index in [4.69, 9.17) is 9.47 Å². The highest BCUT2D eigenvalue weighted by molar-refractivity contribution is 5.92. The van der Waals surface area contributed by atoms with Crippen LogP contribution in [0.5, 0.6) is 11.5 Å². The van der Waals surface area contributed by atoms with Crippen LogP contribution in [0.3, 0.4) is 0 Å². The lowest BCUT2D eigenvalue weighted by Gasteiger charge is -2.11. The van der Waals surface area contributed by atoms with E-state index in [1.807, 2.05) is 77.5 Å². The summed E-state index contributed by atoms with van der Waals surface area (Å²) in [6.45, 7) is 2.35. The Morgan fingerprint density at radius 1 is 1.03 bits per heavy atom. The lowest BCUT2D eigenvalue weighted by Crippen LogP contribution is -2.20. The van der Waals surface area contributed by atoms with Crippen molar-refractivity contribution in [3.05, 3.63) is 90.4 Å². The number of ether oxygens (including phenoxy) is 2. The average molecular weight is 401 g/mol. The Labute approximate surface area is 175 Å². The smallest absolute Gasteiger partial charge is 0.262 e. The number of hydrogen-bond donors (Lipinski definition) is 1. The Kier molecular flexibility index (Phi) is 5.94. The minimum Gasteiger partial charge on any atom is -0.487 e. The first-order valence-corrected chi connectivity index (χ1v) is 9.87. The maximum Gasteiger partial charge on any atom is 0.262 e. The molecule has 6 nitrogen and oxygen atoms in total. The van der Waals surface area contributed by atoms with Gasteiger partial charge >= 0.3 is 0 Å². The summed E-state index contributed by atoms with van der Waals surface area (Å²) in [5.74, 6) is 1.17. The first-order valence-electron chi connectivity index (χ1n) is 9.87. The summed E-state index contributed by atoms with van der Waals surface area (Å²) >= 11 is 0. The highest BCUT2D eigenvalue weighted by atomic mass is 16.5. The van der Waals surface area contributed by atoms with E-state index in [-0.39, 0.29) is 12.5 Å². The molecular weight excluding hydrogens is 378 g/mol. The Morgan fingerprint density at radius 2 is 1.90 bits per heavy atom. The van der Waals surface area contributed by atoms with Gasteiger partial charge in [-0.15, -0.1) is 0 Å². The molecule has 1 N–H and O–H groups in total. The number of fused-ring (bicyclic) bond motifs is 1. The number of nitrogens with one attached hydrogen (secondary N) is 1. The van der Waals surface area contributed by atoms with Crippen molar-refractivity contribution in [3.8, 4) is 11.5 Å². The average Bonchev–Trinajstić information content (AvgIpc) is 3.20. The molecule has 2 heterocycles. The number of amides is 1. The number of carbonyl (C=O) groups is 1. The monoisotopic (exact) mass is 401 g/mol. The molecule has 0 spiro atoms. The van der Waals surface area contributed by atoms with Gasteiger partial charge in [-0.1, -0.05) is 37.3 Å². The minimum atomic E-state index is -0.224. The summed E-state index contributed by atoms with van der Waals surface area (Å²) in [5.41, 5.74) is 3.44. The van der Waals surface area contributed by atoms with Crippen LogP contribution in [0.4, 0.5) is 5.69 Å². The van der Waals surface area contributed by atoms with Gasteiger partial charge in [0.25, 0.3) is 5.91 Å². The lowest BCUT2D eigenvalue weighted by molar-refractivity contribution is -0.118. The van der Waals surface area contributed by atoms with Crippen molar-refractivity contribution in [1.82, 2.24) is 9.38 Å². The normalized spacial score (nSPS) is 10.7. The molecule has 0 aliphatic rings. The van der Waals surface area contributed by atoms with Gasteiger partial charge in [0.15, 0.2) is 6.61 Å². The van der Waals surface area contributed by atoms with Gasteiger partial charge in [-0.2, -0.15) is 0 Å². The second kappa shape index (κ2) is 9.13. The maximum absolute atomic E-state index is 12.3. The third kappa shape index (κ3) is 4.78. The van der Waals surface area contributed by atoms with Gasteiger partial charge in [-0.05, 0) is 42.3 Å². The number of imidazole rings is 1. The van der Waals surface area contributed by atoms with Gasteiger partial charge in [-0.3, -0.25) is 4.79 Å². The molecule has 0 fully saturated rings. The predicted molar refractivity (Wildman–Crippen MR) is 116 cm³/mol. The third-order valence-electron chi connectivity index (χ3n) is 4.63. The van der Waals surface area contributed by atoms with Crippen LogP contribution in [0.15, 0.2) is 79.1 Å². The van der Waals surface area contributed by atoms with Crippen LogP contribution < -0.4 is 14.8 Å². The number of pyridine rings is 1. The number of benzene rings is 2. The van der Waals surface area contributed by atoms with E-state index in [1.54, 1.807) is 6.07 Å². The largest absolute Gasteiger partial charge is 0.487 e. The number of para-hydroxylation sites is 1. The van der Waals surface area contributed by atoms with Crippen molar-refractivity contribution in [2.45, 2.75) is 20.0 Å². The molecule has 2 aromatic heterocycles. The summed E-state index contributed by atoms with van der Waals surface area (Å²) in [5, 5.41) is 2.85. The van der Waals surface area contributed by atoms with Gasteiger partial charge < -0.3 is 19.2 Å². The Morgan fingerprint density at radius 3 is 2.77 bits per heavy atom. The molecule has 0 radical (unpaired) electrons. The van der Waals surface area contributed by atoms with Crippen molar-refractivity contribution in [1.29, 1.82) is 0 Å². The molecule has 4 aromatic rings. The van der Waals surface area contributed by atoms with E-state index >= 15 is 0 Å². The highest BCUT2D eigenvalue weighted by Gasteiger charge is 2.08. The lowest BCUT2D eigenvalue weighted by atomic mass is 10.1. The second-order valence-electron chi connectivity index (χ2n) is 6.81. The van der Waals surface area contributed by atoms with Gasteiger partial charge in [0.2, 0.25) is 0 Å². The number of rotatable bonds is 8. The molecular formula is C24H23N3O3. The first kappa shape index (κ1) is 19.5. The van der Waals surface area contributed by atoms with E-state index < -0.39 is 0 Å². The molecule has 0 bridgehead atoms. The van der Waals surface area contributed by atoms with Crippen LogP contribution in [0, 0.1) is 0 Å². The molecule has 0 saturated heterocycles. The van der Waals surface area contributed by atoms with Crippen molar-refractivity contribution >= 4 is 17.2 Å². The summed E-state index contributed by atoms with van der Waals surface area (Å²) < 4.78 is 13.5. The second-order valence-corrected chi connectivity index (χ2v) is 6.81. The van der Waals surface area contributed by atoms with E-state index in [0.29, 0.717) is 18.0 Å². The SMILES string of the molecule is CCc1ccccc1OCC(=O)Nc1cccc(OCc2cn3ccccc3n2)c1. The molecule has 1 amide bonds. The number of hydrogen-bond acceptors (Lipinski definition) is 4. The number of aromatic nitrogens is 2.